The molecule has 5 nitrogen and oxygen atoms in total. The lowest BCUT2D eigenvalue weighted by atomic mass is 10.2. The molecule has 2 aromatic rings. The average molecular weight is 409 g/mol. The highest BCUT2D eigenvalue weighted by atomic mass is 35.5. The smallest absolute Gasteiger partial charge is 0.275 e. The maximum atomic E-state index is 12.3. The van der Waals surface area contributed by atoms with Gasteiger partial charge >= 0.3 is 0 Å². The molecule has 0 saturated carbocycles. The molecule has 2 aromatic carbocycles. The lowest BCUT2D eigenvalue weighted by molar-refractivity contribution is -0.892. The van der Waals surface area contributed by atoms with Crippen LogP contribution in [0, 0.1) is 0 Å². The summed E-state index contributed by atoms with van der Waals surface area (Å²) >= 11 is 12.0. The Morgan fingerprint density at radius 3 is 2.48 bits per heavy atom. The van der Waals surface area contributed by atoms with Gasteiger partial charge in [0.1, 0.15) is 5.75 Å². The van der Waals surface area contributed by atoms with Crippen LogP contribution in [0.2, 0.25) is 10.0 Å². The number of hydrogen-bond donors (Lipinski definition) is 2. The van der Waals surface area contributed by atoms with Crippen molar-refractivity contribution < 1.29 is 14.4 Å². The predicted octanol–water partition coefficient (Wildman–Crippen LogP) is 2.02. The number of rotatable bonds is 6. The van der Waals surface area contributed by atoms with Gasteiger partial charge in [0.05, 0.1) is 33.3 Å². The summed E-state index contributed by atoms with van der Waals surface area (Å²) in [5.74, 6) is 0.898. The predicted molar refractivity (Wildman–Crippen MR) is 109 cm³/mol. The minimum atomic E-state index is 0.0360. The Labute approximate surface area is 169 Å². The van der Waals surface area contributed by atoms with E-state index in [4.69, 9.17) is 27.9 Å². The van der Waals surface area contributed by atoms with E-state index in [-0.39, 0.29) is 5.91 Å². The van der Waals surface area contributed by atoms with E-state index in [0.29, 0.717) is 23.1 Å². The van der Waals surface area contributed by atoms with Crippen LogP contribution in [0.5, 0.6) is 5.75 Å². The van der Waals surface area contributed by atoms with Crippen LogP contribution in [0.4, 0.5) is 5.69 Å². The van der Waals surface area contributed by atoms with Crippen molar-refractivity contribution >= 4 is 34.8 Å². The van der Waals surface area contributed by atoms with Crippen LogP contribution in [0.1, 0.15) is 5.56 Å². The molecule has 1 aliphatic rings. The minimum Gasteiger partial charge on any atom is -0.497 e. The van der Waals surface area contributed by atoms with Crippen molar-refractivity contribution in [2.24, 2.45) is 0 Å². The van der Waals surface area contributed by atoms with Gasteiger partial charge in [-0.25, -0.2) is 0 Å². The van der Waals surface area contributed by atoms with Gasteiger partial charge < -0.3 is 19.9 Å². The normalized spacial score (nSPS) is 14.9. The molecule has 27 heavy (non-hydrogen) atoms. The van der Waals surface area contributed by atoms with E-state index >= 15 is 0 Å². The van der Waals surface area contributed by atoms with Gasteiger partial charge in [0.25, 0.3) is 5.91 Å². The highest BCUT2D eigenvalue weighted by Gasteiger charge is 2.22. The maximum absolute atomic E-state index is 12.3. The third-order valence-electron chi connectivity index (χ3n) is 4.81. The van der Waals surface area contributed by atoms with E-state index in [9.17, 15) is 4.79 Å². The first-order valence-corrected chi connectivity index (χ1v) is 9.74. The first kappa shape index (κ1) is 19.8. The van der Waals surface area contributed by atoms with Gasteiger partial charge in [0.2, 0.25) is 0 Å². The molecule has 0 atom stereocenters. The average Bonchev–Trinajstić information content (AvgIpc) is 2.68. The summed E-state index contributed by atoms with van der Waals surface area (Å²) in [6, 6.07) is 13.4. The number of halogens is 2. The topological polar surface area (TPSA) is 46.0 Å². The van der Waals surface area contributed by atoms with Crippen molar-refractivity contribution in [3.63, 3.8) is 0 Å². The molecular weight excluding hydrogens is 385 g/mol. The van der Waals surface area contributed by atoms with Crippen LogP contribution in [-0.4, -0.2) is 45.7 Å². The second-order valence-corrected chi connectivity index (χ2v) is 7.47. The van der Waals surface area contributed by atoms with Crippen LogP contribution in [0.3, 0.4) is 0 Å². The van der Waals surface area contributed by atoms with Gasteiger partial charge in [-0.3, -0.25) is 4.79 Å². The Hall–Kier alpha value is -1.95. The van der Waals surface area contributed by atoms with Crippen molar-refractivity contribution in [1.29, 1.82) is 0 Å². The Bertz CT molecular complexity index is 775. The third-order valence-corrected chi connectivity index (χ3v) is 5.40. The molecule has 144 valence electrons. The summed E-state index contributed by atoms with van der Waals surface area (Å²) < 4.78 is 5.20. The van der Waals surface area contributed by atoms with Crippen molar-refractivity contribution in [2.45, 2.75) is 6.54 Å². The van der Waals surface area contributed by atoms with E-state index in [1.165, 1.54) is 10.6 Å². The summed E-state index contributed by atoms with van der Waals surface area (Å²) in [7, 11) is 1.67. The number of quaternary nitrogens is 1. The van der Waals surface area contributed by atoms with E-state index in [1.54, 1.807) is 19.2 Å². The zero-order chi connectivity index (χ0) is 19.2. The molecule has 1 saturated heterocycles. The molecule has 0 radical (unpaired) electrons. The molecule has 0 bridgehead atoms. The first-order chi connectivity index (χ1) is 13.0. The Morgan fingerprint density at radius 2 is 1.85 bits per heavy atom. The minimum absolute atomic E-state index is 0.0360. The monoisotopic (exact) mass is 408 g/mol. The zero-order valence-corrected chi connectivity index (χ0v) is 16.8. The van der Waals surface area contributed by atoms with Gasteiger partial charge in [-0.1, -0.05) is 29.3 Å². The van der Waals surface area contributed by atoms with Crippen LogP contribution < -0.4 is 19.9 Å². The van der Waals surface area contributed by atoms with Gasteiger partial charge in [-0.15, -0.1) is 0 Å². The molecule has 1 aliphatic heterocycles. The number of piperazine rings is 1. The number of carbonyl (C=O) groups excluding carboxylic acids is 1. The Morgan fingerprint density at radius 1 is 1.15 bits per heavy atom. The lowest BCUT2D eigenvalue weighted by Crippen LogP contribution is -3.15. The van der Waals surface area contributed by atoms with Gasteiger partial charge in [0.15, 0.2) is 6.54 Å². The zero-order valence-electron chi connectivity index (χ0n) is 15.3. The van der Waals surface area contributed by atoms with E-state index in [2.05, 4.69) is 22.3 Å². The molecule has 0 spiro atoms. The van der Waals surface area contributed by atoms with Crippen LogP contribution in [0.25, 0.3) is 0 Å². The maximum Gasteiger partial charge on any atom is 0.275 e. The third kappa shape index (κ3) is 5.51. The lowest BCUT2D eigenvalue weighted by Gasteiger charge is -2.33. The van der Waals surface area contributed by atoms with E-state index < -0.39 is 0 Å². The number of benzene rings is 2. The molecule has 2 N–H and O–H groups in total. The number of anilines is 1. The summed E-state index contributed by atoms with van der Waals surface area (Å²) in [6.45, 7) is 4.61. The molecule has 1 amide bonds. The SMILES string of the molecule is COc1ccc(N2CC[NH+](CC(=O)NCc3ccc(Cl)cc3Cl)CC2)cc1. The number of methoxy groups -OCH3 is 1. The molecule has 0 aliphatic carbocycles. The molecule has 3 rings (SSSR count). The molecule has 1 fully saturated rings. The first-order valence-electron chi connectivity index (χ1n) is 8.98. The molecule has 0 aromatic heterocycles. The van der Waals surface area contributed by atoms with Crippen LogP contribution in [-0.2, 0) is 11.3 Å². The standard InChI is InChI=1S/C20H23Cl2N3O2/c1-27-18-6-4-17(5-7-18)25-10-8-24(9-11-25)14-20(26)23-13-15-2-3-16(21)12-19(15)22/h2-7,12H,8-11,13-14H2,1H3,(H,23,26)/p+1. The number of ether oxygens (including phenoxy) is 1. The highest BCUT2D eigenvalue weighted by Crippen LogP contribution is 2.21. The quantitative estimate of drug-likeness (QED) is 0.768. The molecular formula is C20H24Cl2N3O2+. The van der Waals surface area contributed by atoms with Crippen molar-refractivity contribution in [3.05, 3.63) is 58.1 Å². The fourth-order valence-corrected chi connectivity index (χ4v) is 3.67. The largest absolute Gasteiger partial charge is 0.497 e. The summed E-state index contributed by atoms with van der Waals surface area (Å²) in [5, 5.41) is 4.11. The molecule has 0 unspecified atom stereocenters. The van der Waals surface area contributed by atoms with Crippen LogP contribution >= 0.6 is 23.2 Å². The fraction of sp³-hybridized carbons (Fsp3) is 0.350. The van der Waals surface area contributed by atoms with E-state index in [1.807, 2.05) is 18.2 Å². The molecule has 7 heteroatoms. The summed E-state index contributed by atoms with van der Waals surface area (Å²) in [4.78, 5) is 15.9. The molecule has 1 heterocycles. The summed E-state index contributed by atoms with van der Waals surface area (Å²) in [6.07, 6.45) is 0. The van der Waals surface area contributed by atoms with Crippen molar-refractivity contribution in [2.75, 3.05) is 44.7 Å². The van der Waals surface area contributed by atoms with Crippen molar-refractivity contribution in [1.82, 2.24) is 5.32 Å². The Balaban J connectivity index is 1.43. The number of carbonyl (C=O) groups is 1. The van der Waals surface area contributed by atoms with Gasteiger partial charge in [-0.05, 0) is 42.0 Å². The van der Waals surface area contributed by atoms with Gasteiger partial charge in [0, 0.05) is 22.3 Å². The highest BCUT2D eigenvalue weighted by molar-refractivity contribution is 6.35. The number of nitrogens with zero attached hydrogens (tertiary/aromatic N) is 1. The number of hydrogen-bond acceptors (Lipinski definition) is 3. The van der Waals surface area contributed by atoms with Crippen molar-refractivity contribution in [3.8, 4) is 5.75 Å². The summed E-state index contributed by atoms with van der Waals surface area (Å²) in [5.41, 5.74) is 2.06. The number of amides is 1. The Kier molecular flexibility index (Phi) is 6.83. The second-order valence-electron chi connectivity index (χ2n) is 6.62. The second kappa shape index (κ2) is 9.31. The number of nitrogens with one attached hydrogen (secondary N) is 2. The van der Waals surface area contributed by atoms with Gasteiger partial charge in [-0.2, -0.15) is 0 Å². The van der Waals surface area contributed by atoms with E-state index in [0.717, 1.165) is 37.5 Å². The fourth-order valence-electron chi connectivity index (χ4n) is 3.20. The van der Waals surface area contributed by atoms with Crippen LogP contribution in [0.15, 0.2) is 42.5 Å².